The van der Waals surface area contributed by atoms with Crippen molar-refractivity contribution in [3.8, 4) is 0 Å². The highest BCUT2D eigenvalue weighted by molar-refractivity contribution is 5.45. The molecule has 2 rings (SSSR count). The van der Waals surface area contributed by atoms with Crippen LogP contribution in [0.15, 0.2) is 24.3 Å². The fourth-order valence-corrected chi connectivity index (χ4v) is 2.04. The number of hydrogen-bond acceptors (Lipinski definition) is 2. The molecule has 1 atom stereocenters. The van der Waals surface area contributed by atoms with Crippen LogP contribution in [0.3, 0.4) is 0 Å². The van der Waals surface area contributed by atoms with Crippen molar-refractivity contribution >= 4 is 5.69 Å². The summed E-state index contributed by atoms with van der Waals surface area (Å²) in [4.78, 5) is 2.17. The van der Waals surface area contributed by atoms with Crippen LogP contribution in [-0.2, 0) is 0 Å². The van der Waals surface area contributed by atoms with E-state index in [0.717, 1.165) is 18.8 Å². The Labute approximate surface area is 90.1 Å². The van der Waals surface area contributed by atoms with Crippen molar-refractivity contribution in [2.75, 3.05) is 25.0 Å². The van der Waals surface area contributed by atoms with E-state index in [0.29, 0.717) is 6.04 Å². The predicted molar refractivity (Wildman–Crippen MR) is 60.7 cm³/mol. The number of rotatable bonds is 3. The van der Waals surface area contributed by atoms with Crippen LogP contribution < -0.4 is 10.2 Å². The molecule has 2 nitrogen and oxygen atoms in total. The van der Waals surface area contributed by atoms with E-state index in [9.17, 15) is 4.39 Å². The molecule has 1 fully saturated rings. The van der Waals surface area contributed by atoms with E-state index in [2.05, 4.69) is 10.2 Å². The minimum absolute atomic E-state index is 0.175. The van der Waals surface area contributed by atoms with E-state index in [4.69, 9.17) is 0 Å². The van der Waals surface area contributed by atoms with Gasteiger partial charge < -0.3 is 10.2 Å². The molecule has 1 aliphatic heterocycles. The van der Waals surface area contributed by atoms with Crippen LogP contribution >= 0.6 is 0 Å². The maximum atomic E-state index is 12.7. The first-order valence-corrected chi connectivity index (χ1v) is 5.46. The van der Waals surface area contributed by atoms with Gasteiger partial charge in [-0.3, -0.25) is 0 Å². The third-order valence-electron chi connectivity index (χ3n) is 2.92. The summed E-state index contributed by atoms with van der Waals surface area (Å²) >= 11 is 0. The number of hydrogen-bond donors (Lipinski definition) is 1. The summed E-state index contributed by atoms with van der Waals surface area (Å²) in [5.41, 5.74) is 1.07. The van der Waals surface area contributed by atoms with Crippen LogP contribution in [0.1, 0.15) is 12.8 Å². The maximum absolute atomic E-state index is 12.7. The fraction of sp³-hybridized carbons (Fsp3) is 0.500. The van der Waals surface area contributed by atoms with Gasteiger partial charge in [0.25, 0.3) is 0 Å². The van der Waals surface area contributed by atoms with E-state index in [1.165, 1.54) is 25.0 Å². The summed E-state index contributed by atoms with van der Waals surface area (Å²) in [5.74, 6) is -0.175. The van der Waals surface area contributed by atoms with Crippen LogP contribution in [0, 0.1) is 5.82 Å². The van der Waals surface area contributed by atoms with Crippen molar-refractivity contribution < 1.29 is 4.39 Å². The molecule has 0 amide bonds. The van der Waals surface area contributed by atoms with Gasteiger partial charge in [-0.1, -0.05) is 0 Å². The first-order valence-electron chi connectivity index (χ1n) is 5.46. The summed E-state index contributed by atoms with van der Waals surface area (Å²) < 4.78 is 12.7. The second-order valence-corrected chi connectivity index (χ2v) is 4.15. The van der Waals surface area contributed by atoms with Crippen LogP contribution in [-0.4, -0.2) is 26.2 Å². The Kier molecular flexibility index (Phi) is 3.21. The number of anilines is 1. The zero-order valence-corrected chi connectivity index (χ0v) is 9.04. The third-order valence-corrected chi connectivity index (χ3v) is 2.92. The smallest absolute Gasteiger partial charge is 0.123 e. The van der Waals surface area contributed by atoms with E-state index in [1.54, 1.807) is 0 Å². The van der Waals surface area contributed by atoms with Crippen molar-refractivity contribution in [1.29, 1.82) is 0 Å². The third kappa shape index (κ3) is 2.69. The van der Waals surface area contributed by atoms with Crippen LogP contribution in [0.25, 0.3) is 0 Å². The van der Waals surface area contributed by atoms with Gasteiger partial charge in [0.1, 0.15) is 5.82 Å². The Bertz CT molecular complexity index is 304. The molecule has 1 aromatic rings. The molecular formula is C12H17FN2. The average molecular weight is 208 g/mol. The Morgan fingerprint density at radius 3 is 2.73 bits per heavy atom. The van der Waals surface area contributed by atoms with Gasteiger partial charge in [0, 0.05) is 25.3 Å². The van der Waals surface area contributed by atoms with Gasteiger partial charge in [-0.15, -0.1) is 0 Å². The van der Waals surface area contributed by atoms with Crippen molar-refractivity contribution in [3.63, 3.8) is 0 Å². The Hall–Kier alpha value is -1.09. The molecule has 0 aliphatic carbocycles. The largest absolute Gasteiger partial charge is 0.373 e. The number of nitrogens with zero attached hydrogens (tertiary/aromatic N) is 1. The summed E-state index contributed by atoms with van der Waals surface area (Å²) in [6.07, 6.45) is 2.51. The molecule has 0 aromatic heterocycles. The summed E-state index contributed by atoms with van der Waals surface area (Å²) in [5, 5.41) is 3.45. The first-order chi connectivity index (χ1) is 7.25. The standard InChI is InChI=1S/C12H17FN2/c1-15(9-11-3-2-8-14-11)12-6-4-10(13)5-7-12/h4-7,11,14H,2-3,8-9H2,1H3. The van der Waals surface area contributed by atoms with Crippen molar-refractivity contribution in [2.24, 2.45) is 0 Å². The zero-order chi connectivity index (χ0) is 10.7. The molecule has 1 unspecified atom stereocenters. The molecule has 0 bridgehead atoms. The predicted octanol–water partition coefficient (Wildman–Crippen LogP) is 2.01. The topological polar surface area (TPSA) is 15.3 Å². The highest BCUT2D eigenvalue weighted by Gasteiger charge is 2.15. The van der Waals surface area contributed by atoms with Crippen LogP contribution in [0.4, 0.5) is 10.1 Å². The van der Waals surface area contributed by atoms with Gasteiger partial charge in [-0.2, -0.15) is 0 Å². The van der Waals surface area contributed by atoms with Gasteiger partial charge in [0.05, 0.1) is 0 Å². The van der Waals surface area contributed by atoms with Gasteiger partial charge >= 0.3 is 0 Å². The molecule has 82 valence electrons. The normalized spacial score (nSPS) is 20.5. The maximum Gasteiger partial charge on any atom is 0.123 e. The SMILES string of the molecule is CN(CC1CCCN1)c1ccc(F)cc1. The highest BCUT2D eigenvalue weighted by Crippen LogP contribution is 2.15. The van der Waals surface area contributed by atoms with Gasteiger partial charge in [0.2, 0.25) is 0 Å². The lowest BCUT2D eigenvalue weighted by molar-refractivity contribution is 0.598. The molecule has 0 saturated carbocycles. The van der Waals surface area contributed by atoms with Gasteiger partial charge in [-0.05, 0) is 43.7 Å². The molecule has 0 radical (unpaired) electrons. The average Bonchev–Trinajstić information content (AvgIpc) is 2.71. The number of benzene rings is 1. The second-order valence-electron chi connectivity index (χ2n) is 4.15. The van der Waals surface area contributed by atoms with E-state index in [-0.39, 0.29) is 5.82 Å². The lowest BCUT2D eigenvalue weighted by Gasteiger charge is -2.23. The van der Waals surface area contributed by atoms with Crippen molar-refractivity contribution in [3.05, 3.63) is 30.1 Å². The fourth-order valence-electron chi connectivity index (χ4n) is 2.04. The second kappa shape index (κ2) is 4.62. The number of nitrogens with one attached hydrogen (secondary N) is 1. The first kappa shape index (κ1) is 10.4. The number of halogens is 1. The molecule has 1 aromatic carbocycles. The Morgan fingerprint density at radius 2 is 2.13 bits per heavy atom. The zero-order valence-electron chi connectivity index (χ0n) is 9.04. The quantitative estimate of drug-likeness (QED) is 0.817. The van der Waals surface area contributed by atoms with E-state index >= 15 is 0 Å². The minimum Gasteiger partial charge on any atom is -0.373 e. The lowest BCUT2D eigenvalue weighted by Crippen LogP contribution is -2.35. The molecule has 1 aliphatic rings. The molecule has 15 heavy (non-hydrogen) atoms. The molecule has 1 N–H and O–H groups in total. The molecule has 1 saturated heterocycles. The summed E-state index contributed by atoms with van der Waals surface area (Å²) in [6.45, 7) is 2.12. The summed E-state index contributed by atoms with van der Waals surface area (Å²) in [7, 11) is 2.05. The van der Waals surface area contributed by atoms with Gasteiger partial charge in [-0.25, -0.2) is 4.39 Å². The molecule has 1 heterocycles. The summed E-state index contributed by atoms with van der Waals surface area (Å²) in [6, 6.07) is 7.25. The lowest BCUT2D eigenvalue weighted by atomic mass is 10.2. The van der Waals surface area contributed by atoms with Crippen LogP contribution in [0.2, 0.25) is 0 Å². The highest BCUT2D eigenvalue weighted by atomic mass is 19.1. The minimum atomic E-state index is -0.175. The number of likely N-dealkylation sites (N-methyl/N-ethyl adjacent to an activating group) is 1. The Balaban J connectivity index is 1.94. The monoisotopic (exact) mass is 208 g/mol. The van der Waals surface area contributed by atoms with Crippen LogP contribution in [0.5, 0.6) is 0 Å². The molecular weight excluding hydrogens is 191 g/mol. The Morgan fingerprint density at radius 1 is 1.40 bits per heavy atom. The van der Waals surface area contributed by atoms with E-state index in [1.807, 2.05) is 19.2 Å². The molecule has 3 heteroatoms. The van der Waals surface area contributed by atoms with Crippen molar-refractivity contribution in [1.82, 2.24) is 5.32 Å². The van der Waals surface area contributed by atoms with Gasteiger partial charge in [0.15, 0.2) is 0 Å². The molecule has 0 spiro atoms. The van der Waals surface area contributed by atoms with E-state index < -0.39 is 0 Å². The van der Waals surface area contributed by atoms with Crippen molar-refractivity contribution in [2.45, 2.75) is 18.9 Å².